The molecule has 9 heteroatoms. The maximum absolute atomic E-state index is 12.3. The summed E-state index contributed by atoms with van der Waals surface area (Å²) in [4.78, 5) is 4.96. The van der Waals surface area contributed by atoms with Gasteiger partial charge in [0.15, 0.2) is 0 Å². The molecule has 2 aromatic rings. The van der Waals surface area contributed by atoms with E-state index in [0.29, 0.717) is 9.90 Å². The Balaban J connectivity index is 2.20. The third kappa shape index (κ3) is 2.17. The first-order valence-electron chi connectivity index (χ1n) is 6.53. The Kier molecular flexibility index (Phi) is 3.39. The van der Waals surface area contributed by atoms with Crippen molar-refractivity contribution < 1.29 is 8.42 Å². The molecule has 0 amide bonds. The molecule has 0 spiro atoms. The summed E-state index contributed by atoms with van der Waals surface area (Å²) in [5.41, 5.74) is -0.0829. The monoisotopic (exact) mass is 358 g/mol. The average molecular weight is 359 g/mol. The molecular formula is C13H15ClN4O2S2. The second-order valence-corrected chi connectivity index (χ2v) is 8.95. The smallest absolute Gasteiger partial charge is 0.239 e. The van der Waals surface area contributed by atoms with Gasteiger partial charge in [0.2, 0.25) is 16.0 Å². The van der Waals surface area contributed by atoms with Gasteiger partial charge in [0.05, 0.1) is 31.6 Å². The van der Waals surface area contributed by atoms with E-state index in [9.17, 15) is 8.42 Å². The van der Waals surface area contributed by atoms with Crippen LogP contribution in [-0.4, -0.2) is 36.5 Å². The van der Waals surface area contributed by atoms with Crippen LogP contribution in [0.1, 0.15) is 17.5 Å². The number of rotatable bonds is 1. The lowest BCUT2D eigenvalue weighted by Crippen LogP contribution is -2.60. The SMILES string of the molecule is Cc1nccc2c(Cl)c([C@]3(C)CS(=O)(=O)N(C)C(=N)N3)sc12. The Morgan fingerprint density at radius 1 is 1.55 bits per heavy atom. The molecule has 0 unspecified atom stereocenters. The van der Waals surface area contributed by atoms with E-state index in [4.69, 9.17) is 17.0 Å². The summed E-state index contributed by atoms with van der Waals surface area (Å²) in [6, 6.07) is 1.82. The molecule has 22 heavy (non-hydrogen) atoms. The van der Waals surface area contributed by atoms with Gasteiger partial charge in [0, 0.05) is 18.6 Å². The summed E-state index contributed by atoms with van der Waals surface area (Å²) in [7, 11) is -2.19. The predicted octanol–water partition coefficient (Wildman–Crippen LogP) is 2.27. The molecule has 1 aliphatic rings. The van der Waals surface area contributed by atoms with Crippen molar-refractivity contribution in [2.45, 2.75) is 19.4 Å². The van der Waals surface area contributed by atoms with E-state index < -0.39 is 15.6 Å². The summed E-state index contributed by atoms with van der Waals surface area (Å²) in [6.07, 6.45) is 1.68. The lowest BCUT2D eigenvalue weighted by molar-refractivity contribution is 0.424. The maximum Gasteiger partial charge on any atom is 0.239 e. The van der Waals surface area contributed by atoms with Gasteiger partial charge in [-0.25, -0.2) is 12.7 Å². The number of guanidine groups is 1. The molecule has 0 radical (unpaired) electrons. The zero-order valence-electron chi connectivity index (χ0n) is 12.3. The summed E-state index contributed by atoms with van der Waals surface area (Å²) < 4.78 is 26.4. The van der Waals surface area contributed by atoms with Crippen LogP contribution in [0.5, 0.6) is 0 Å². The zero-order valence-corrected chi connectivity index (χ0v) is 14.7. The fraction of sp³-hybridized carbons (Fsp3) is 0.385. The van der Waals surface area contributed by atoms with Crippen LogP contribution >= 0.6 is 22.9 Å². The second kappa shape index (κ2) is 4.81. The first kappa shape index (κ1) is 15.5. The van der Waals surface area contributed by atoms with E-state index in [0.717, 1.165) is 20.1 Å². The molecule has 1 atom stereocenters. The third-order valence-corrected chi connectivity index (χ3v) is 7.86. The van der Waals surface area contributed by atoms with Gasteiger partial charge in [0.25, 0.3) is 0 Å². The number of thiophene rings is 1. The number of fused-ring (bicyclic) bond motifs is 1. The van der Waals surface area contributed by atoms with Crippen LogP contribution in [0.15, 0.2) is 12.3 Å². The highest BCUT2D eigenvalue weighted by atomic mass is 35.5. The number of nitrogens with zero attached hydrogens (tertiary/aromatic N) is 2. The van der Waals surface area contributed by atoms with Crippen LogP contribution in [0.2, 0.25) is 5.02 Å². The first-order chi connectivity index (χ1) is 10.2. The molecule has 0 aromatic carbocycles. The molecular weight excluding hydrogens is 344 g/mol. The van der Waals surface area contributed by atoms with Gasteiger partial charge in [-0.05, 0) is 19.9 Å². The van der Waals surface area contributed by atoms with Crippen molar-refractivity contribution in [2.24, 2.45) is 0 Å². The Morgan fingerprint density at radius 2 is 2.23 bits per heavy atom. The molecule has 6 nitrogen and oxygen atoms in total. The van der Waals surface area contributed by atoms with Crippen molar-refractivity contribution >= 4 is 49.0 Å². The molecule has 3 heterocycles. The Bertz CT molecular complexity index is 893. The van der Waals surface area contributed by atoms with Crippen LogP contribution in [0.3, 0.4) is 0 Å². The van der Waals surface area contributed by atoms with Crippen molar-refractivity contribution in [3.05, 3.63) is 27.9 Å². The number of sulfonamides is 1. The first-order valence-corrected chi connectivity index (χ1v) is 9.33. The minimum atomic E-state index is -3.55. The summed E-state index contributed by atoms with van der Waals surface area (Å²) in [5, 5.41) is 12.2. The van der Waals surface area contributed by atoms with Crippen LogP contribution in [0.25, 0.3) is 10.1 Å². The molecule has 2 N–H and O–H groups in total. The van der Waals surface area contributed by atoms with Crippen LogP contribution < -0.4 is 5.32 Å². The highest BCUT2D eigenvalue weighted by Crippen LogP contribution is 2.43. The van der Waals surface area contributed by atoms with Gasteiger partial charge < -0.3 is 5.32 Å². The topological polar surface area (TPSA) is 86.2 Å². The van der Waals surface area contributed by atoms with Gasteiger partial charge in [-0.2, -0.15) is 0 Å². The summed E-state index contributed by atoms with van der Waals surface area (Å²) >= 11 is 7.92. The fourth-order valence-corrected chi connectivity index (χ4v) is 5.90. The number of pyridine rings is 1. The Labute approximate surface area is 137 Å². The molecule has 1 aliphatic heterocycles. The maximum atomic E-state index is 12.3. The number of halogens is 1. The van der Waals surface area contributed by atoms with Gasteiger partial charge >= 0.3 is 0 Å². The van der Waals surface area contributed by atoms with E-state index in [1.807, 2.05) is 13.0 Å². The summed E-state index contributed by atoms with van der Waals surface area (Å²) in [5.74, 6) is -0.310. The molecule has 118 valence electrons. The average Bonchev–Trinajstić information content (AvgIpc) is 2.76. The molecule has 1 saturated heterocycles. The van der Waals surface area contributed by atoms with Crippen LogP contribution in [0, 0.1) is 12.3 Å². The predicted molar refractivity (Wildman–Crippen MR) is 89.1 cm³/mol. The lowest BCUT2D eigenvalue weighted by atomic mass is 10.0. The van der Waals surface area contributed by atoms with E-state index in [1.54, 1.807) is 13.1 Å². The van der Waals surface area contributed by atoms with E-state index in [-0.39, 0.29) is 11.7 Å². The highest BCUT2D eigenvalue weighted by molar-refractivity contribution is 7.89. The second-order valence-electron chi connectivity index (χ2n) is 5.55. The number of nitrogens with one attached hydrogen (secondary N) is 2. The number of hydrogen-bond donors (Lipinski definition) is 2. The number of aryl methyl sites for hydroxylation is 1. The zero-order chi connectivity index (χ0) is 16.3. The van der Waals surface area contributed by atoms with Crippen molar-refractivity contribution in [3.63, 3.8) is 0 Å². The van der Waals surface area contributed by atoms with Gasteiger partial charge in [-0.3, -0.25) is 10.4 Å². The van der Waals surface area contributed by atoms with Crippen LogP contribution in [0.4, 0.5) is 0 Å². The minimum absolute atomic E-state index is 0.155. The van der Waals surface area contributed by atoms with Crippen molar-refractivity contribution in [3.8, 4) is 0 Å². The van der Waals surface area contributed by atoms with Gasteiger partial charge in [-0.1, -0.05) is 11.6 Å². The third-order valence-electron chi connectivity index (χ3n) is 3.82. The van der Waals surface area contributed by atoms with Crippen molar-refractivity contribution in [1.82, 2.24) is 14.6 Å². The van der Waals surface area contributed by atoms with E-state index in [2.05, 4.69) is 10.3 Å². The Hall–Kier alpha value is -1.38. The number of aromatic nitrogens is 1. The molecule has 0 saturated carbocycles. The van der Waals surface area contributed by atoms with Crippen molar-refractivity contribution in [2.75, 3.05) is 12.8 Å². The molecule has 0 aliphatic carbocycles. The highest BCUT2D eigenvalue weighted by Gasteiger charge is 2.44. The largest absolute Gasteiger partial charge is 0.344 e. The summed E-state index contributed by atoms with van der Waals surface area (Å²) in [6.45, 7) is 3.65. The lowest BCUT2D eigenvalue weighted by Gasteiger charge is -2.39. The van der Waals surface area contributed by atoms with E-state index in [1.165, 1.54) is 18.4 Å². The number of hydrogen-bond acceptors (Lipinski definition) is 5. The molecule has 3 rings (SSSR count). The normalized spacial score (nSPS) is 24.5. The fourth-order valence-electron chi connectivity index (χ4n) is 2.58. The standard InChI is InChI=1S/C13H15ClN4O2S2/c1-7-10-8(4-5-16-7)9(14)11(21-10)13(2)6-22(19,20)18(3)12(15)17-13/h4-5H,6H2,1-3H3,(H2,15,17)/t13-/m0/s1. The van der Waals surface area contributed by atoms with Gasteiger partial charge in [0.1, 0.15) is 0 Å². The molecule has 0 bridgehead atoms. The Morgan fingerprint density at radius 3 is 2.82 bits per heavy atom. The van der Waals surface area contributed by atoms with Gasteiger partial charge in [-0.15, -0.1) is 11.3 Å². The van der Waals surface area contributed by atoms with Crippen molar-refractivity contribution in [1.29, 1.82) is 5.41 Å². The quantitative estimate of drug-likeness (QED) is 0.818. The van der Waals surface area contributed by atoms with E-state index >= 15 is 0 Å². The minimum Gasteiger partial charge on any atom is -0.344 e. The molecule has 1 fully saturated rings. The van der Waals surface area contributed by atoms with Crippen LogP contribution in [-0.2, 0) is 15.6 Å². The molecule has 2 aromatic heterocycles.